The Kier molecular flexibility index (Phi) is 5.57. The average molecular weight is 384 g/mol. The second kappa shape index (κ2) is 7.42. The second-order valence-electron chi connectivity index (χ2n) is 4.24. The van der Waals surface area contributed by atoms with Crippen LogP contribution < -0.4 is 10.5 Å². The van der Waals surface area contributed by atoms with Gasteiger partial charge in [-0.2, -0.15) is 0 Å². The van der Waals surface area contributed by atoms with Gasteiger partial charge in [0.05, 0.1) is 5.56 Å². The highest BCUT2D eigenvalue weighted by molar-refractivity contribution is 9.10. The fraction of sp³-hybridized carbons (Fsp3) is 0.0667. The van der Waals surface area contributed by atoms with Gasteiger partial charge in [0.25, 0.3) is 0 Å². The van der Waals surface area contributed by atoms with Crippen LogP contribution in [0.2, 0.25) is 0 Å². The van der Waals surface area contributed by atoms with Gasteiger partial charge in [0.2, 0.25) is 0 Å². The largest absolute Gasteiger partial charge is 0.410 e. The predicted octanol–water partition coefficient (Wildman–Crippen LogP) is 4.15. The lowest BCUT2D eigenvalue weighted by Gasteiger charge is -2.07. The van der Waals surface area contributed by atoms with Crippen LogP contribution >= 0.6 is 27.7 Å². The molecule has 0 atom stereocenters. The third-order valence-corrected chi connectivity index (χ3v) is 4.48. The van der Waals surface area contributed by atoms with E-state index in [1.54, 1.807) is 36.4 Å². The number of thioether (sulfide) groups is 1. The van der Waals surface area contributed by atoms with Crippen molar-refractivity contribution in [2.75, 3.05) is 0 Å². The minimum absolute atomic E-state index is 0.00362. The Bertz CT molecular complexity index is 724. The smallest absolute Gasteiger partial charge is 0.409 e. The Morgan fingerprint density at radius 2 is 2.14 bits per heavy atom. The molecule has 0 saturated carbocycles. The molecule has 0 bridgehead atoms. The molecule has 114 valence electrons. The van der Waals surface area contributed by atoms with Gasteiger partial charge in [-0.3, -0.25) is 4.79 Å². The van der Waals surface area contributed by atoms with Gasteiger partial charge in [-0.15, -0.1) is 11.8 Å². The van der Waals surface area contributed by atoms with Gasteiger partial charge in [0, 0.05) is 15.1 Å². The van der Waals surface area contributed by atoms with Gasteiger partial charge in [0.15, 0.2) is 6.29 Å². The summed E-state index contributed by atoms with van der Waals surface area (Å²) in [6, 6.07) is 9.98. The number of halogens is 2. The summed E-state index contributed by atoms with van der Waals surface area (Å²) in [6.45, 7) is 0. The number of primary amides is 1. The van der Waals surface area contributed by atoms with Crippen LogP contribution in [0.5, 0.6) is 5.75 Å². The summed E-state index contributed by atoms with van der Waals surface area (Å²) < 4.78 is 19.3. The number of carbonyl (C=O) groups excluding carboxylic acids is 2. The van der Waals surface area contributed by atoms with Crippen LogP contribution in [0.25, 0.3) is 0 Å². The third-order valence-electron chi connectivity index (χ3n) is 2.74. The third kappa shape index (κ3) is 4.08. The summed E-state index contributed by atoms with van der Waals surface area (Å²) in [5, 5.41) is 0. The number of benzene rings is 2. The Hall–Kier alpha value is -1.86. The SMILES string of the molecule is NC(=O)Oc1cccc(SCc2ccc(Br)c(C=O)c2F)c1. The maximum absolute atomic E-state index is 14.1. The maximum atomic E-state index is 14.1. The molecule has 1 amide bonds. The molecular formula is C15H11BrFNO3S. The highest BCUT2D eigenvalue weighted by atomic mass is 79.9. The molecule has 22 heavy (non-hydrogen) atoms. The summed E-state index contributed by atoms with van der Waals surface area (Å²) in [7, 11) is 0. The Morgan fingerprint density at radius 3 is 2.82 bits per heavy atom. The fourth-order valence-electron chi connectivity index (χ4n) is 1.74. The molecule has 4 nitrogen and oxygen atoms in total. The zero-order chi connectivity index (χ0) is 16.1. The monoisotopic (exact) mass is 383 g/mol. The first-order chi connectivity index (χ1) is 10.5. The number of ether oxygens (including phenoxy) is 1. The van der Waals surface area contributed by atoms with Crippen molar-refractivity contribution in [1.82, 2.24) is 0 Å². The molecule has 0 aromatic heterocycles. The van der Waals surface area contributed by atoms with E-state index in [2.05, 4.69) is 15.9 Å². The quantitative estimate of drug-likeness (QED) is 0.621. The van der Waals surface area contributed by atoms with E-state index in [1.807, 2.05) is 0 Å². The van der Waals surface area contributed by atoms with Crippen molar-refractivity contribution in [3.8, 4) is 5.75 Å². The van der Waals surface area contributed by atoms with Crippen LogP contribution in [0.1, 0.15) is 15.9 Å². The molecule has 0 fully saturated rings. The van der Waals surface area contributed by atoms with Crippen molar-refractivity contribution >= 4 is 40.1 Å². The van der Waals surface area contributed by atoms with Crippen molar-refractivity contribution in [3.63, 3.8) is 0 Å². The van der Waals surface area contributed by atoms with Crippen LogP contribution in [0.15, 0.2) is 45.8 Å². The van der Waals surface area contributed by atoms with Crippen molar-refractivity contribution in [2.45, 2.75) is 10.6 Å². The first-order valence-electron chi connectivity index (χ1n) is 6.13. The number of aldehydes is 1. The molecule has 0 unspecified atom stereocenters. The van der Waals surface area contributed by atoms with Crippen LogP contribution in [-0.4, -0.2) is 12.4 Å². The number of amides is 1. The molecule has 0 heterocycles. The number of rotatable bonds is 5. The van der Waals surface area contributed by atoms with Crippen molar-refractivity contribution < 1.29 is 18.7 Å². The normalized spacial score (nSPS) is 10.3. The summed E-state index contributed by atoms with van der Waals surface area (Å²) in [4.78, 5) is 22.4. The lowest BCUT2D eigenvalue weighted by Crippen LogP contribution is -2.16. The molecular weight excluding hydrogens is 373 g/mol. The van der Waals surface area contributed by atoms with Gasteiger partial charge >= 0.3 is 6.09 Å². The van der Waals surface area contributed by atoms with E-state index in [9.17, 15) is 14.0 Å². The van der Waals surface area contributed by atoms with Gasteiger partial charge in [-0.1, -0.05) is 12.1 Å². The van der Waals surface area contributed by atoms with E-state index in [-0.39, 0.29) is 5.56 Å². The van der Waals surface area contributed by atoms with E-state index in [0.717, 1.165) is 4.90 Å². The van der Waals surface area contributed by atoms with Crippen LogP contribution in [0, 0.1) is 5.82 Å². The molecule has 0 aliphatic carbocycles. The van der Waals surface area contributed by atoms with E-state index in [0.29, 0.717) is 27.8 Å². The lowest BCUT2D eigenvalue weighted by molar-refractivity contribution is 0.111. The average Bonchev–Trinajstić information content (AvgIpc) is 2.47. The standard InChI is InChI=1S/C15H11BrFNO3S/c16-13-5-4-9(14(17)12(13)7-19)8-22-11-3-1-2-10(6-11)21-15(18)20/h1-7H,8H2,(H2,18,20). The van der Waals surface area contributed by atoms with Gasteiger partial charge in [0.1, 0.15) is 11.6 Å². The zero-order valence-corrected chi connectivity index (χ0v) is 13.6. The Balaban J connectivity index is 2.13. The molecule has 0 aliphatic rings. The summed E-state index contributed by atoms with van der Waals surface area (Å²) >= 11 is 4.48. The molecule has 2 aromatic carbocycles. The van der Waals surface area contributed by atoms with Crippen LogP contribution in [0.4, 0.5) is 9.18 Å². The highest BCUT2D eigenvalue weighted by Crippen LogP contribution is 2.29. The van der Waals surface area contributed by atoms with Crippen LogP contribution in [-0.2, 0) is 5.75 Å². The van der Waals surface area contributed by atoms with E-state index in [1.165, 1.54) is 11.8 Å². The van der Waals surface area contributed by atoms with E-state index < -0.39 is 11.9 Å². The van der Waals surface area contributed by atoms with Gasteiger partial charge < -0.3 is 10.5 Å². The van der Waals surface area contributed by atoms with Gasteiger partial charge in [-0.25, -0.2) is 9.18 Å². The van der Waals surface area contributed by atoms with Gasteiger partial charge in [-0.05, 0) is 45.8 Å². The Labute approximate surface area is 139 Å². The van der Waals surface area contributed by atoms with Crippen molar-refractivity contribution in [1.29, 1.82) is 0 Å². The minimum atomic E-state index is -0.892. The van der Waals surface area contributed by atoms with Crippen molar-refractivity contribution in [3.05, 3.63) is 57.8 Å². The molecule has 7 heteroatoms. The summed E-state index contributed by atoms with van der Waals surface area (Å²) in [5.74, 6) is 0.115. The fourth-order valence-corrected chi connectivity index (χ4v) is 3.06. The first kappa shape index (κ1) is 16.5. The zero-order valence-electron chi connectivity index (χ0n) is 11.2. The van der Waals surface area contributed by atoms with E-state index in [4.69, 9.17) is 10.5 Å². The molecule has 2 N–H and O–H groups in total. The first-order valence-corrected chi connectivity index (χ1v) is 7.91. The molecule has 0 saturated heterocycles. The summed E-state index contributed by atoms with van der Waals surface area (Å²) in [6.07, 6.45) is -0.411. The highest BCUT2D eigenvalue weighted by Gasteiger charge is 2.12. The molecule has 0 spiro atoms. The summed E-state index contributed by atoms with van der Waals surface area (Å²) in [5.41, 5.74) is 5.37. The number of carbonyl (C=O) groups is 2. The lowest BCUT2D eigenvalue weighted by atomic mass is 10.1. The number of hydrogen-bond donors (Lipinski definition) is 1. The number of hydrogen-bond acceptors (Lipinski definition) is 4. The topological polar surface area (TPSA) is 69.4 Å². The maximum Gasteiger partial charge on any atom is 0.409 e. The van der Waals surface area contributed by atoms with E-state index >= 15 is 0 Å². The number of nitrogens with two attached hydrogens (primary N) is 1. The second-order valence-corrected chi connectivity index (χ2v) is 6.14. The van der Waals surface area contributed by atoms with Crippen LogP contribution in [0.3, 0.4) is 0 Å². The molecule has 2 rings (SSSR count). The molecule has 2 aromatic rings. The molecule has 0 aliphatic heterocycles. The predicted molar refractivity (Wildman–Crippen MR) is 85.7 cm³/mol. The minimum Gasteiger partial charge on any atom is -0.410 e. The molecule has 0 radical (unpaired) electrons. The Morgan fingerprint density at radius 1 is 1.36 bits per heavy atom. The van der Waals surface area contributed by atoms with Crippen molar-refractivity contribution in [2.24, 2.45) is 5.73 Å².